The van der Waals surface area contributed by atoms with Gasteiger partial charge in [-0.3, -0.25) is 10.1 Å². The Hall–Kier alpha value is -2.11. The molecule has 104 valence electrons. The number of carbonyl (C=O) groups is 2. The van der Waals surface area contributed by atoms with Gasteiger partial charge in [0.2, 0.25) is 0 Å². The van der Waals surface area contributed by atoms with Crippen molar-refractivity contribution in [2.24, 2.45) is 0 Å². The van der Waals surface area contributed by atoms with Crippen LogP contribution in [0.1, 0.15) is 19.4 Å². The van der Waals surface area contributed by atoms with Crippen molar-refractivity contribution in [3.8, 4) is 5.75 Å². The number of imide groups is 1. The van der Waals surface area contributed by atoms with Gasteiger partial charge in [0.15, 0.2) is 6.10 Å². The van der Waals surface area contributed by atoms with E-state index in [1.54, 1.807) is 19.9 Å². The number of urea groups is 1. The molecule has 0 spiro atoms. The number of benzene rings is 1. The second kappa shape index (κ2) is 6.72. The average Bonchev–Trinajstić information content (AvgIpc) is 2.34. The van der Waals surface area contributed by atoms with Crippen LogP contribution in [-0.2, 0) is 4.79 Å². The number of aryl methyl sites for hydroxylation is 1. The van der Waals surface area contributed by atoms with E-state index in [1.165, 1.54) is 19.1 Å². The summed E-state index contributed by atoms with van der Waals surface area (Å²) in [7, 11) is 0. The Bertz CT molecular complexity index is 477. The standard InChI is InChI=1S/C13H17FN2O3/c1-4-15-13(18)16-12(17)9(3)19-11-7-10(14)6-5-8(11)2/h5-7,9H,4H2,1-3H3,(H2,15,16,17,18). The van der Waals surface area contributed by atoms with Crippen molar-refractivity contribution in [3.05, 3.63) is 29.6 Å². The molecule has 1 atom stereocenters. The van der Waals surface area contributed by atoms with Crippen molar-refractivity contribution in [2.75, 3.05) is 6.54 Å². The van der Waals surface area contributed by atoms with Crippen LogP contribution in [0, 0.1) is 12.7 Å². The third kappa shape index (κ3) is 4.57. The molecule has 3 amide bonds. The Balaban J connectivity index is 2.63. The minimum atomic E-state index is -0.900. The fraction of sp³-hybridized carbons (Fsp3) is 0.385. The molecule has 0 aliphatic carbocycles. The van der Waals surface area contributed by atoms with Crippen LogP contribution < -0.4 is 15.4 Å². The fourth-order valence-electron chi connectivity index (χ4n) is 1.36. The van der Waals surface area contributed by atoms with Crippen molar-refractivity contribution < 1.29 is 18.7 Å². The Labute approximate surface area is 111 Å². The predicted octanol–water partition coefficient (Wildman–Crippen LogP) is 1.75. The minimum Gasteiger partial charge on any atom is -0.481 e. The highest BCUT2D eigenvalue weighted by molar-refractivity contribution is 5.96. The van der Waals surface area contributed by atoms with Gasteiger partial charge in [-0.2, -0.15) is 0 Å². The molecule has 6 heteroatoms. The first kappa shape index (κ1) is 14.9. The Kier molecular flexibility index (Phi) is 5.29. The quantitative estimate of drug-likeness (QED) is 0.874. The summed E-state index contributed by atoms with van der Waals surface area (Å²) in [5.74, 6) is -0.759. The van der Waals surface area contributed by atoms with E-state index >= 15 is 0 Å². The maximum Gasteiger partial charge on any atom is 0.321 e. The number of halogens is 1. The van der Waals surface area contributed by atoms with Crippen LogP contribution in [0.15, 0.2) is 18.2 Å². The summed E-state index contributed by atoms with van der Waals surface area (Å²) in [5.41, 5.74) is 0.707. The van der Waals surface area contributed by atoms with Crippen molar-refractivity contribution in [2.45, 2.75) is 26.9 Å². The first-order chi connectivity index (χ1) is 8.93. The average molecular weight is 268 g/mol. The van der Waals surface area contributed by atoms with Gasteiger partial charge in [-0.05, 0) is 32.4 Å². The van der Waals surface area contributed by atoms with Gasteiger partial charge in [0.05, 0.1) is 0 Å². The molecule has 0 aliphatic heterocycles. The molecule has 0 aromatic heterocycles. The van der Waals surface area contributed by atoms with E-state index in [9.17, 15) is 14.0 Å². The molecule has 0 heterocycles. The summed E-state index contributed by atoms with van der Waals surface area (Å²) in [4.78, 5) is 22.8. The van der Waals surface area contributed by atoms with Gasteiger partial charge in [-0.25, -0.2) is 9.18 Å². The highest BCUT2D eigenvalue weighted by Crippen LogP contribution is 2.20. The lowest BCUT2D eigenvalue weighted by Gasteiger charge is -2.15. The van der Waals surface area contributed by atoms with E-state index in [0.29, 0.717) is 12.1 Å². The number of hydrogen-bond donors (Lipinski definition) is 2. The van der Waals surface area contributed by atoms with E-state index in [0.717, 1.165) is 0 Å². The van der Waals surface area contributed by atoms with Crippen LogP contribution in [0.4, 0.5) is 9.18 Å². The Morgan fingerprint density at radius 1 is 1.42 bits per heavy atom. The summed E-state index contributed by atoms with van der Waals surface area (Å²) >= 11 is 0. The molecule has 1 unspecified atom stereocenters. The number of hydrogen-bond acceptors (Lipinski definition) is 3. The minimum absolute atomic E-state index is 0.276. The normalized spacial score (nSPS) is 11.6. The maximum absolute atomic E-state index is 13.1. The first-order valence-electron chi connectivity index (χ1n) is 5.95. The summed E-state index contributed by atoms with van der Waals surface area (Å²) in [6.45, 7) is 5.37. The van der Waals surface area contributed by atoms with E-state index in [4.69, 9.17) is 4.74 Å². The summed E-state index contributed by atoms with van der Waals surface area (Å²) in [6, 6.07) is 3.48. The van der Waals surface area contributed by atoms with Gasteiger partial charge >= 0.3 is 6.03 Å². The molecule has 0 saturated heterocycles. The second-order valence-electron chi connectivity index (χ2n) is 4.02. The molecule has 1 rings (SSSR count). The molecular formula is C13H17FN2O3. The molecule has 0 bridgehead atoms. The molecule has 19 heavy (non-hydrogen) atoms. The molecule has 0 radical (unpaired) electrons. The monoisotopic (exact) mass is 268 g/mol. The lowest BCUT2D eigenvalue weighted by atomic mass is 10.2. The summed E-state index contributed by atoms with van der Waals surface area (Å²) in [5, 5.41) is 4.56. The third-order valence-corrected chi connectivity index (χ3v) is 2.40. The number of nitrogens with one attached hydrogen (secondary N) is 2. The second-order valence-corrected chi connectivity index (χ2v) is 4.02. The fourth-order valence-corrected chi connectivity index (χ4v) is 1.36. The SMILES string of the molecule is CCNC(=O)NC(=O)C(C)Oc1cc(F)ccc1C. The lowest BCUT2D eigenvalue weighted by molar-refractivity contribution is -0.126. The van der Waals surface area contributed by atoms with Crippen LogP contribution in [0.25, 0.3) is 0 Å². The predicted molar refractivity (Wildman–Crippen MR) is 68.4 cm³/mol. The zero-order chi connectivity index (χ0) is 14.4. The van der Waals surface area contributed by atoms with Crippen LogP contribution in [0.2, 0.25) is 0 Å². The van der Waals surface area contributed by atoms with Crippen molar-refractivity contribution >= 4 is 11.9 Å². The van der Waals surface area contributed by atoms with E-state index in [1.807, 2.05) is 0 Å². The number of carbonyl (C=O) groups excluding carboxylic acids is 2. The highest BCUT2D eigenvalue weighted by atomic mass is 19.1. The molecule has 0 saturated carbocycles. The molecule has 2 N–H and O–H groups in total. The topological polar surface area (TPSA) is 67.4 Å². The molecule has 5 nitrogen and oxygen atoms in total. The number of rotatable bonds is 4. The third-order valence-electron chi connectivity index (χ3n) is 2.40. The van der Waals surface area contributed by atoms with Crippen LogP contribution in [0.3, 0.4) is 0 Å². The number of ether oxygens (including phenoxy) is 1. The maximum atomic E-state index is 13.1. The van der Waals surface area contributed by atoms with Crippen LogP contribution in [-0.4, -0.2) is 24.6 Å². The molecule has 0 fully saturated rings. The van der Waals surface area contributed by atoms with Gasteiger partial charge in [0.25, 0.3) is 5.91 Å². The summed E-state index contributed by atoms with van der Waals surface area (Å²) in [6.07, 6.45) is -0.900. The van der Waals surface area contributed by atoms with Gasteiger partial charge in [0.1, 0.15) is 11.6 Å². The Morgan fingerprint density at radius 2 is 2.11 bits per heavy atom. The van der Waals surface area contributed by atoms with E-state index in [-0.39, 0.29) is 5.75 Å². The van der Waals surface area contributed by atoms with Crippen molar-refractivity contribution in [3.63, 3.8) is 0 Å². The van der Waals surface area contributed by atoms with Crippen molar-refractivity contribution in [1.82, 2.24) is 10.6 Å². The van der Waals surface area contributed by atoms with Crippen LogP contribution in [0.5, 0.6) is 5.75 Å². The highest BCUT2D eigenvalue weighted by Gasteiger charge is 2.18. The van der Waals surface area contributed by atoms with Gasteiger partial charge in [-0.1, -0.05) is 6.07 Å². The smallest absolute Gasteiger partial charge is 0.321 e. The zero-order valence-electron chi connectivity index (χ0n) is 11.1. The van der Waals surface area contributed by atoms with Crippen LogP contribution >= 0.6 is 0 Å². The largest absolute Gasteiger partial charge is 0.481 e. The van der Waals surface area contributed by atoms with Gasteiger partial charge in [0, 0.05) is 12.6 Å². The van der Waals surface area contributed by atoms with E-state index in [2.05, 4.69) is 10.6 Å². The first-order valence-corrected chi connectivity index (χ1v) is 5.95. The summed E-state index contributed by atoms with van der Waals surface area (Å²) < 4.78 is 18.4. The van der Waals surface area contributed by atoms with E-state index < -0.39 is 23.9 Å². The van der Waals surface area contributed by atoms with Gasteiger partial charge in [-0.15, -0.1) is 0 Å². The zero-order valence-corrected chi connectivity index (χ0v) is 11.1. The molecule has 0 aliphatic rings. The van der Waals surface area contributed by atoms with Gasteiger partial charge < -0.3 is 10.1 Å². The van der Waals surface area contributed by atoms with Crippen molar-refractivity contribution in [1.29, 1.82) is 0 Å². The lowest BCUT2D eigenvalue weighted by Crippen LogP contribution is -2.45. The molecule has 1 aromatic rings. The number of amides is 3. The Morgan fingerprint density at radius 3 is 2.74 bits per heavy atom. The molecular weight excluding hydrogens is 251 g/mol. The molecule has 1 aromatic carbocycles.